The van der Waals surface area contributed by atoms with Gasteiger partial charge in [-0.25, -0.2) is 4.79 Å². The second kappa shape index (κ2) is 6.50. The van der Waals surface area contributed by atoms with Crippen LogP contribution in [0.15, 0.2) is 53.1 Å². The van der Waals surface area contributed by atoms with Crippen LogP contribution in [0.5, 0.6) is 5.75 Å². The van der Waals surface area contributed by atoms with Gasteiger partial charge in [0, 0.05) is 10.6 Å². The minimum absolute atomic E-state index is 0.0118. The maximum absolute atomic E-state index is 11.8. The fourth-order valence-electron chi connectivity index (χ4n) is 1.87. The van der Waals surface area contributed by atoms with Crippen LogP contribution in [0.2, 0.25) is 5.02 Å². The van der Waals surface area contributed by atoms with E-state index in [1.165, 1.54) is 18.2 Å². The number of aromatic nitrogens is 2. The summed E-state index contributed by atoms with van der Waals surface area (Å²) < 4.78 is 10.1. The Morgan fingerprint density at radius 2 is 2.00 bits per heavy atom. The normalized spacial score (nSPS) is 10.5. The van der Waals surface area contributed by atoms with E-state index in [9.17, 15) is 9.90 Å². The first-order valence-electron chi connectivity index (χ1n) is 6.66. The largest absolute Gasteiger partial charge is 0.508 e. The molecule has 0 aliphatic heterocycles. The van der Waals surface area contributed by atoms with Crippen molar-refractivity contribution in [1.29, 1.82) is 0 Å². The van der Waals surface area contributed by atoms with Crippen molar-refractivity contribution >= 4 is 17.6 Å². The summed E-state index contributed by atoms with van der Waals surface area (Å²) in [6.45, 7) is -0.158. The van der Waals surface area contributed by atoms with E-state index < -0.39 is 5.97 Å². The van der Waals surface area contributed by atoms with Crippen LogP contribution in [0, 0.1) is 0 Å². The predicted octanol–water partition coefficient (Wildman–Crippen LogP) is 3.45. The predicted molar refractivity (Wildman–Crippen MR) is 82.0 cm³/mol. The zero-order valence-electron chi connectivity index (χ0n) is 11.8. The second-order valence-corrected chi connectivity index (χ2v) is 5.08. The standard InChI is InChI=1S/C16H11ClN2O4/c17-12-6-4-10(5-7-12)15-18-14(23-19-15)9-22-16(21)11-2-1-3-13(20)8-11/h1-8,20H,9H2. The fraction of sp³-hybridized carbons (Fsp3) is 0.0625. The lowest BCUT2D eigenvalue weighted by atomic mass is 10.2. The number of nitrogens with zero attached hydrogens (tertiary/aromatic N) is 2. The number of aromatic hydroxyl groups is 1. The molecular formula is C16H11ClN2O4. The van der Waals surface area contributed by atoms with Crippen molar-refractivity contribution in [2.75, 3.05) is 0 Å². The Bertz CT molecular complexity index is 830. The summed E-state index contributed by atoms with van der Waals surface area (Å²) >= 11 is 5.82. The number of carbonyl (C=O) groups excluding carboxylic acids is 1. The van der Waals surface area contributed by atoms with E-state index in [1.54, 1.807) is 30.3 Å². The molecule has 0 aliphatic rings. The number of phenolic OH excluding ortho intramolecular Hbond substituents is 1. The number of benzene rings is 2. The molecule has 0 saturated heterocycles. The number of esters is 1. The smallest absolute Gasteiger partial charge is 0.338 e. The summed E-state index contributed by atoms with van der Waals surface area (Å²) in [5.74, 6) is -0.0528. The number of hydrogen-bond acceptors (Lipinski definition) is 6. The minimum Gasteiger partial charge on any atom is -0.508 e. The van der Waals surface area contributed by atoms with Crippen LogP contribution in [0.25, 0.3) is 11.4 Å². The van der Waals surface area contributed by atoms with Crippen molar-refractivity contribution in [1.82, 2.24) is 10.1 Å². The van der Waals surface area contributed by atoms with Crippen molar-refractivity contribution in [2.45, 2.75) is 6.61 Å². The van der Waals surface area contributed by atoms with Gasteiger partial charge in [0.15, 0.2) is 6.61 Å². The molecule has 0 amide bonds. The van der Waals surface area contributed by atoms with Crippen molar-refractivity contribution in [3.05, 3.63) is 65.0 Å². The molecule has 0 spiro atoms. The number of phenols is 1. The topological polar surface area (TPSA) is 85.5 Å². The first kappa shape index (κ1) is 15.1. The van der Waals surface area contributed by atoms with Gasteiger partial charge in [-0.2, -0.15) is 4.98 Å². The summed E-state index contributed by atoms with van der Waals surface area (Å²) in [5, 5.41) is 13.8. The van der Waals surface area contributed by atoms with Gasteiger partial charge in [-0.15, -0.1) is 0 Å². The van der Waals surface area contributed by atoms with E-state index in [-0.39, 0.29) is 23.8 Å². The minimum atomic E-state index is -0.591. The van der Waals surface area contributed by atoms with E-state index in [0.29, 0.717) is 10.8 Å². The first-order chi connectivity index (χ1) is 11.1. The number of halogens is 1. The van der Waals surface area contributed by atoms with Gasteiger partial charge in [0.2, 0.25) is 5.82 Å². The molecule has 0 aliphatic carbocycles. The van der Waals surface area contributed by atoms with Crippen molar-refractivity contribution in [3.63, 3.8) is 0 Å². The Hall–Kier alpha value is -2.86. The van der Waals surface area contributed by atoms with Gasteiger partial charge >= 0.3 is 5.97 Å². The van der Waals surface area contributed by atoms with Crippen LogP contribution in [-0.4, -0.2) is 21.2 Å². The van der Waals surface area contributed by atoms with Crippen LogP contribution < -0.4 is 0 Å². The summed E-state index contributed by atoms with van der Waals surface area (Å²) in [5.41, 5.74) is 0.978. The number of carbonyl (C=O) groups is 1. The van der Waals surface area contributed by atoms with Gasteiger partial charge in [-0.1, -0.05) is 22.8 Å². The molecule has 116 valence electrons. The lowest BCUT2D eigenvalue weighted by Crippen LogP contribution is -2.05. The molecule has 1 N–H and O–H groups in total. The molecular weight excluding hydrogens is 320 g/mol. The number of hydrogen-bond donors (Lipinski definition) is 1. The highest BCUT2D eigenvalue weighted by Gasteiger charge is 2.12. The first-order valence-corrected chi connectivity index (χ1v) is 7.04. The molecule has 0 saturated carbocycles. The van der Waals surface area contributed by atoms with Gasteiger partial charge in [-0.05, 0) is 42.5 Å². The quantitative estimate of drug-likeness (QED) is 0.737. The van der Waals surface area contributed by atoms with Gasteiger partial charge in [0.1, 0.15) is 5.75 Å². The lowest BCUT2D eigenvalue weighted by molar-refractivity contribution is 0.0429. The third-order valence-electron chi connectivity index (χ3n) is 2.98. The van der Waals surface area contributed by atoms with E-state index in [1.807, 2.05) is 0 Å². The summed E-state index contributed by atoms with van der Waals surface area (Å²) in [6, 6.07) is 12.8. The van der Waals surface area contributed by atoms with Crippen LogP contribution in [0.3, 0.4) is 0 Å². The highest BCUT2D eigenvalue weighted by atomic mass is 35.5. The van der Waals surface area contributed by atoms with Crippen LogP contribution >= 0.6 is 11.6 Å². The van der Waals surface area contributed by atoms with E-state index in [0.717, 1.165) is 5.56 Å². The Labute approximate surface area is 136 Å². The number of rotatable bonds is 4. The van der Waals surface area contributed by atoms with Crippen molar-refractivity contribution < 1.29 is 19.2 Å². The van der Waals surface area contributed by atoms with Gasteiger partial charge in [0.05, 0.1) is 5.56 Å². The summed E-state index contributed by atoms with van der Waals surface area (Å²) in [7, 11) is 0. The molecule has 2 aromatic carbocycles. The average molecular weight is 331 g/mol. The van der Waals surface area contributed by atoms with E-state index in [2.05, 4.69) is 10.1 Å². The Kier molecular flexibility index (Phi) is 4.25. The molecule has 1 heterocycles. The molecule has 0 fully saturated rings. The molecule has 0 unspecified atom stereocenters. The zero-order chi connectivity index (χ0) is 16.2. The molecule has 1 aromatic heterocycles. The maximum atomic E-state index is 11.8. The summed E-state index contributed by atoms with van der Waals surface area (Å²) in [4.78, 5) is 16.0. The third-order valence-corrected chi connectivity index (χ3v) is 3.23. The molecule has 3 aromatic rings. The third kappa shape index (κ3) is 3.67. The SMILES string of the molecule is O=C(OCc1nc(-c2ccc(Cl)cc2)no1)c1cccc(O)c1. The van der Waals surface area contributed by atoms with Crippen LogP contribution in [0.4, 0.5) is 0 Å². The Balaban J connectivity index is 1.65. The fourth-order valence-corrected chi connectivity index (χ4v) is 2.00. The number of ether oxygens (including phenoxy) is 1. The lowest BCUT2D eigenvalue weighted by Gasteiger charge is -2.01. The van der Waals surface area contributed by atoms with Gasteiger partial charge in [-0.3, -0.25) is 0 Å². The van der Waals surface area contributed by atoms with E-state index >= 15 is 0 Å². The second-order valence-electron chi connectivity index (χ2n) is 4.65. The van der Waals surface area contributed by atoms with Gasteiger partial charge in [0.25, 0.3) is 5.89 Å². The summed E-state index contributed by atoms with van der Waals surface area (Å²) in [6.07, 6.45) is 0. The maximum Gasteiger partial charge on any atom is 0.338 e. The molecule has 0 atom stereocenters. The molecule has 0 bridgehead atoms. The molecule has 6 nitrogen and oxygen atoms in total. The van der Waals surface area contributed by atoms with Crippen molar-refractivity contribution in [3.8, 4) is 17.1 Å². The van der Waals surface area contributed by atoms with Gasteiger partial charge < -0.3 is 14.4 Å². The van der Waals surface area contributed by atoms with Crippen molar-refractivity contribution in [2.24, 2.45) is 0 Å². The Morgan fingerprint density at radius 3 is 2.74 bits per heavy atom. The highest BCUT2D eigenvalue weighted by Crippen LogP contribution is 2.19. The average Bonchev–Trinajstić information content (AvgIpc) is 3.02. The molecule has 7 heteroatoms. The Morgan fingerprint density at radius 1 is 1.22 bits per heavy atom. The highest BCUT2D eigenvalue weighted by molar-refractivity contribution is 6.30. The molecule has 3 rings (SSSR count). The van der Waals surface area contributed by atoms with Crippen LogP contribution in [0.1, 0.15) is 16.2 Å². The van der Waals surface area contributed by atoms with E-state index in [4.69, 9.17) is 20.9 Å². The monoisotopic (exact) mass is 330 g/mol. The molecule has 23 heavy (non-hydrogen) atoms. The molecule has 0 radical (unpaired) electrons. The van der Waals surface area contributed by atoms with Crippen LogP contribution in [-0.2, 0) is 11.3 Å². The zero-order valence-corrected chi connectivity index (χ0v) is 12.5.